The lowest BCUT2D eigenvalue weighted by molar-refractivity contribution is 0.000198. The standard InChI is InChI=1S/C8H12F2NS/c1-2-3-8(9,10)6-7-11-4-5-12-7/h4H,2-3,5-6H2,1H3. The van der Waals surface area contributed by atoms with Crippen LogP contribution in [0.1, 0.15) is 26.2 Å². The third-order valence-corrected chi connectivity index (χ3v) is 2.48. The van der Waals surface area contributed by atoms with Crippen LogP contribution in [0.3, 0.4) is 0 Å². The van der Waals surface area contributed by atoms with Gasteiger partial charge < -0.3 is 0 Å². The van der Waals surface area contributed by atoms with Gasteiger partial charge in [-0.05, 0) is 0 Å². The van der Waals surface area contributed by atoms with E-state index in [-0.39, 0.29) is 12.8 Å². The molecule has 0 N–H and O–H groups in total. The van der Waals surface area contributed by atoms with E-state index >= 15 is 0 Å². The van der Waals surface area contributed by atoms with Crippen LogP contribution < -0.4 is 0 Å². The quantitative estimate of drug-likeness (QED) is 0.666. The Morgan fingerprint density at radius 2 is 2.42 bits per heavy atom. The molecule has 1 radical (unpaired) electrons. The van der Waals surface area contributed by atoms with E-state index in [2.05, 4.69) is 4.99 Å². The van der Waals surface area contributed by atoms with Gasteiger partial charge in [0.05, 0.1) is 18.0 Å². The second-order valence-electron chi connectivity index (χ2n) is 2.80. The van der Waals surface area contributed by atoms with Crippen LogP contribution in [-0.4, -0.2) is 16.7 Å². The molecule has 0 atom stereocenters. The molecule has 69 valence electrons. The van der Waals surface area contributed by atoms with Crippen molar-refractivity contribution < 1.29 is 8.78 Å². The summed E-state index contributed by atoms with van der Waals surface area (Å²) < 4.78 is 25.9. The molecule has 0 unspecified atom stereocenters. The molecule has 1 nitrogen and oxygen atoms in total. The van der Waals surface area contributed by atoms with Gasteiger partial charge in [0.2, 0.25) is 0 Å². The maximum atomic E-state index is 13.0. The van der Waals surface area contributed by atoms with Crippen LogP contribution in [0.25, 0.3) is 0 Å². The summed E-state index contributed by atoms with van der Waals surface area (Å²) in [5.74, 6) is -1.81. The molecular weight excluding hydrogens is 180 g/mol. The summed E-state index contributed by atoms with van der Waals surface area (Å²) in [4.78, 5) is 3.88. The first-order valence-electron chi connectivity index (χ1n) is 4.03. The van der Waals surface area contributed by atoms with Crippen molar-refractivity contribution in [2.45, 2.75) is 32.1 Å². The molecule has 0 aliphatic carbocycles. The molecular formula is C8H12F2NS. The summed E-state index contributed by atoms with van der Waals surface area (Å²) >= 11 is 1.41. The maximum absolute atomic E-state index is 13.0. The fraction of sp³-hybridized carbons (Fsp3) is 0.750. The molecule has 0 amide bonds. The summed E-state index contributed by atoms with van der Waals surface area (Å²) in [7, 11) is 0. The fourth-order valence-electron chi connectivity index (χ4n) is 1.08. The molecule has 12 heavy (non-hydrogen) atoms. The molecule has 4 heteroatoms. The Morgan fingerprint density at radius 1 is 1.67 bits per heavy atom. The number of alkyl halides is 2. The van der Waals surface area contributed by atoms with Gasteiger partial charge in [-0.25, -0.2) is 8.78 Å². The zero-order valence-corrected chi connectivity index (χ0v) is 7.83. The molecule has 0 spiro atoms. The third kappa shape index (κ3) is 3.09. The van der Waals surface area contributed by atoms with E-state index in [4.69, 9.17) is 0 Å². The first-order chi connectivity index (χ1) is 5.64. The molecule has 1 aliphatic heterocycles. The Morgan fingerprint density at radius 3 is 2.92 bits per heavy atom. The van der Waals surface area contributed by atoms with E-state index in [0.29, 0.717) is 11.5 Å². The van der Waals surface area contributed by atoms with Crippen molar-refractivity contribution in [3.05, 3.63) is 6.54 Å². The van der Waals surface area contributed by atoms with E-state index in [1.807, 2.05) is 0 Å². The Labute approximate surface area is 75.6 Å². The van der Waals surface area contributed by atoms with E-state index < -0.39 is 5.92 Å². The fourth-order valence-corrected chi connectivity index (χ4v) is 1.89. The summed E-state index contributed by atoms with van der Waals surface area (Å²) in [5, 5.41) is 0.577. The van der Waals surface area contributed by atoms with Crippen molar-refractivity contribution in [2.75, 3.05) is 5.75 Å². The highest BCUT2D eigenvalue weighted by Crippen LogP contribution is 2.30. The van der Waals surface area contributed by atoms with Gasteiger partial charge in [0.15, 0.2) is 0 Å². The average Bonchev–Trinajstić information content (AvgIpc) is 2.38. The van der Waals surface area contributed by atoms with Crippen molar-refractivity contribution in [3.8, 4) is 0 Å². The molecule has 0 saturated carbocycles. The van der Waals surface area contributed by atoms with Crippen molar-refractivity contribution in [3.63, 3.8) is 0 Å². The van der Waals surface area contributed by atoms with E-state index in [1.165, 1.54) is 11.8 Å². The predicted molar refractivity (Wildman–Crippen MR) is 48.7 cm³/mol. The van der Waals surface area contributed by atoms with Crippen LogP contribution in [0, 0.1) is 6.54 Å². The second kappa shape index (κ2) is 4.21. The largest absolute Gasteiger partial charge is 0.276 e. The van der Waals surface area contributed by atoms with Crippen LogP contribution in [0.4, 0.5) is 8.78 Å². The van der Waals surface area contributed by atoms with Gasteiger partial charge in [-0.2, -0.15) is 0 Å². The first-order valence-corrected chi connectivity index (χ1v) is 5.01. The Kier molecular flexibility index (Phi) is 3.50. The Balaban J connectivity index is 2.37. The van der Waals surface area contributed by atoms with Crippen molar-refractivity contribution in [1.82, 2.24) is 0 Å². The average molecular weight is 192 g/mol. The van der Waals surface area contributed by atoms with Crippen LogP contribution in [0.15, 0.2) is 4.99 Å². The van der Waals surface area contributed by atoms with Crippen molar-refractivity contribution in [2.24, 2.45) is 4.99 Å². The minimum atomic E-state index is -2.56. The summed E-state index contributed by atoms with van der Waals surface area (Å²) in [6, 6.07) is 0. The lowest BCUT2D eigenvalue weighted by atomic mass is 10.1. The minimum absolute atomic E-state index is 0.0351. The summed E-state index contributed by atoms with van der Waals surface area (Å²) in [6.45, 7) is 3.45. The SMILES string of the molecule is CCCC(F)(F)CC1=N[CH]CS1. The zero-order valence-electron chi connectivity index (χ0n) is 7.02. The van der Waals surface area contributed by atoms with E-state index in [0.717, 1.165) is 5.75 Å². The number of halogens is 2. The van der Waals surface area contributed by atoms with Crippen molar-refractivity contribution in [1.29, 1.82) is 0 Å². The number of aliphatic imine (C=N–C) groups is 1. The highest BCUT2D eigenvalue weighted by Gasteiger charge is 2.30. The summed E-state index contributed by atoms with van der Waals surface area (Å²) in [6.07, 6.45) is 0.309. The van der Waals surface area contributed by atoms with Crippen LogP contribution in [0.2, 0.25) is 0 Å². The Bertz CT molecular complexity index is 180. The van der Waals surface area contributed by atoms with Gasteiger partial charge in [0.25, 0.3) is 5.92 Å². The van der Waals surface area contributed by atoms with Gasteiger partial charge in [-0.15, -0.1) is 11.8 Å². The van der Waals surface area contributed by atoms with Gasteiger partial charge in [-0.3, -0.25) is 4.99 Å². The molecule has 0 bridgehead atoms. The number of rotatable bonds is 4. The van der Waals surface area contributed by atoms with Crippen LogP contribution >= 0.6 is 11.8 Å². The van der Waals surface area contributed by atoms with Crippen LogP contribution in [-0.2, 0) is 0 Å². The maximum Gasteiger partial charge on any atom is 0.254 e. The predicted octanol–water partition coefficient (Wildman–Crippen LogP) is 3.12. The highest BCUT2D eigenvalue weighted by molar-refractivity contribution is 8.14. The smallest absolute Gasteiger partial charge is 0.254 e. The highest BCUT2D eigenvalue weighted by atomic mass is 32.2. The lowest BCUT2D eigenvalue weighted by Gasteiger charge is -2.14. The normalized spacial score (nSPS) is 18.1. The number of hydrogen-bond acceptors (Lipinski definition) is 2. The minimum Gasteiger partial charge on any atom is -0.276 e. The molecule has 1 aliphatic rings. The van der Waals surface area contributed by atoms with Gasteiger partial charge in [0, 0.05) is 12.2 Å². The lowest BCUT2D eigenvalue weighted by Crippen LogP contribution is -2.18. The van der Waals surface area contributed by atoms with Gasteiger partial charge >= 0.3 is 0 Å². The number of nitrogens with zero attached hydrogens (tertiary/aromatic N) is 1. The first kappa shape index (κ1) is 9.96. The van der Waals surface area contributed by atoms with Gasteiger partial charge in [-0.1, -0.05) is 13.3 Å². The molecule has 0 aromatic heterocycles. The topological polar surface area (TPSA) is 12.4 Å². The van der Waals surface area contributed by atoms with E-state index in [9.17, 15) is 8.78 Å². The third-order valence-electron chi connectivity index (χ3n) is 1.59. The molecule has 1 rings (SSSR count). The molecule has 0 aromatic rings. The van der Waals surface area contributed by atoms with Crippen molar-refractivity contribution >= 4 is 16.8 Å². The zero-order chi connectivity index (χ0) is 9.03. The van der Waals surface area contributed by atoms with Gasteiger partial charge in [0.1, 0.15) is 0 Å². The molecule has 1 heterocycles. The number of hydrogen-bond donors (Lipinski definition) is 0. The van der Waals surface area contributed by atoms with Crippen LogP contribution in [0.5, 0.6) is 0 Å². The Hall–Kier alpha value is -0.120. The molecule has 0 aromatic carbocycles. The second-order valence-corrected chi connectivity index (χ2v) is 3.89. The monoisotopic (exact) mass is 192 g/mol. The number of thioether (sulfide) groups is 1. The molecule has 0 saturated heterocycles. The summed E-state index contributed by atoms with van der Waals surface area (Å²) in [5.41, 5.74) is 0. The molecule has 0 fully saturated rings. The van der Waals surface area contributed by atoms with E-state index in [1.54, 1.807) is 13.5 Å².